The van der Waals surface area contributed by atoms with Crippen molar-refractivity contribution in [3.8, 4) is 6.07 Å². The van der Waals surface area contributed by atoms with Crippen LogP contribution in [0.15, 0.2) is 72.1 Å². The second-order valence-corrected chi connectivity index (χ2v) is 7.78. The van der Waals surface area contributed by atoms with Gasteiger partial charge in [0.15, 0.2) is 0 Å². The summed E-state index contributed by atoms with van der Waals surface area (Å²) in [6.45, 7) is 0. The van der Waals surface area contributed by atoms with Crippen molar-refractivity contribution in [2.24, 2.45) is 5.73 Å². The molecule has 0 saturated carbocycles. The molecule has 6 heteroatoms. The summed E-state index contributed by atoms with van der Waals surface area (Å²) in [7, 11) is 0. The number of aromatic nitrogens is 1. The van der Waals surface area contributed by atoms with Gasteiger partial charge in [-0.2, -0.15) is 5.26 Å². The Balaban J connectivity index is 1.63. The molecule has 6 nitrogen and oxygen atoms in total. The summed E-state index contributed by atoms with van der Waals surface area (Å²) in [5.74, 6) is 0.874. The minimum atomic E-state index is -0.0940. The fourth-order valence-corrected chi connectivity index (χ4v) is 3.97. The zero-order valence-electron chi connectivity index (χ0n) is 17.2. The molecule has 31 heavy (non-hydrogen) atoms. The molecule has 3 aliphatic rings. The summed E-state index contributed by atoms with van der Waals surface area (Å²) in [6.07, 6.45) is 21.0. The van der Waals surface area contributed by atoms with Crippen molar-refractivity contribution in [1.82, 2.24) is 4.98 Å². The molecule has 0 radical (unpaired) electrons. The third-order valence-electron chi connectivity index (χ3n) is 5.61. The molecule has 1 aromatic heterocycles. The van der Waals surface area contributed by atoms with E-state index in [0.29, 0.717) is 28.9 Å². The molecule has 0 amide bonds. The number of nitrogens with zero attached hydrogens (tertiary/aromatic N) is 2. The average Bonchev–Trinajstić information content (AvgIpc) is 2.79. The van der Waals surface area contributed by atoms with Gasteiger partial charge in [0.2, 0.25) is 0 Å². The first-order valence-electron chi connectivity index (χ1n) is 10.4. The predicted octanol–water partition coefficient (Wildman–Crippen LogP) is 4.40. The van der Waals surface area contributed by atoms with Crippen LogP contribution in [0.25, 0.3) is 5.57 Å². The van der Waals surface area contributed by atoms with E-state index < -0.39 is 0 Å². The standard InChI is InChI=1S/C25H25N5O/c26-15-16-6-8-17(9-7-16)22-14-21(27)23(25(28)29)24(30-22)18-10-12-20(13-11-18)31-19-4-2-1-3-5-19/h1-4,6-8,10,12,14,17,19H,5,9,11,13H2,(H2,27,30)(H3,28,29). The zero-order valence-corrected chi connectivity index (χ0v) is 17.2. The van der Waals surface area contributed by atoms with Crippen LogP contribution < -0.4 is 11.5 Å². The van der Waals surface area contributed by atoms with Gasteiger partial charge in [0.05, 0.1) is 28.8 Å². The number of ether oxygens (including phenoxy) is 1. The Morgan fingerprint density at radius 1 is 1.19 bits per heavy atom. The minimum absolute atomic E-state index is 0.0314. The quantitative estimate of drug-likeness (QED) is 0.489. The highest BCUT2D eigenvalue weighted by Crippen LogP contribution is 2.34. The lowest BCUT2D eigenvalue weighted by Gasteiger charge is -2.23. The van der Waals surface area contributed by atoms with Crippen molar-refractivity contribution in [2.45, 2.75) is 37.7 Å². The number of hydrogen-bond acceptors (Lipinski definition) is 5. The van der Waals surface area contributed by atoms with Crippen LogP contribution in [0.4, 0.5) is 5.69 Å². The van der Waals surface area contributed by atoms with Crippen LogP contribution in [-0.4, -0.2) is 16.9 Å². The molecular weight excluding hydrogens is 386 g/mol. The van der Waals surface area contributed by atoms with Gasteiger partial charge in [-0.05, 0) is 42.7 Å². The molecule has 1 aromatic rings. The van der Waals surface area contributed by atoms with E-state index in [9.17, 15) is 0 Å². The lowest BCUT2D eigenvalue weighted by Crippen LogP contribution is -2.19. The zero-order chi connectivity index (χ0) is 21.8. The van der Waals surface area contributed by atoms with E-state index >= 15 is 0 Å². The number of amidine groups is 1. The smallest absolute Gasteiger partial charge is 0.127 e. The van der Waals surface area contributed by atoms with Crippen LogP contribution in [0.1, 0.15) is 48.6 Å². The third kappa shape index (κ3) is 4.51. The Kier molecular flexibility index (Phi) is 5.85. The summed E-state index contributed by atoms with van der Waals surface area (Å²) in [6, 6.07) is 3.95. The Hall–Kier alpha value is -3.85. The number of rotatable bonds is 5. The number of nitrogen functional groups attached to an aromatic ring is 2. The van der Waals surface area contributed by atoms with Crippen LogP contribution >= 0.6 is 0 Å². The highest BCUT2D eigenvalue weighted by atomic mass is 16.5. The molecule has 4 rings (SSSR count). The summed E-state index contributed by atoms with van der Waals surface area (Å²) < 4.78 is 6.08. The van der Waals surface area contributed by atoms with Gasteiger partial charge in [0.1, 0.15) is 11.9 Å². The number of nitriles is 1. The Bertz CT molecular complexity index is 1130. The number of anilines is 1. The minimum Gasteiger partial charge on any atom is -0.490 e. The predicted molar refractivity (Wildman–Crippen MR) is 123 cm³/mol. The number of nitrogens with two attached hydrogens (primary N) is 2. The van der Waals surface area contributed by atoms with Crippen LogP contribution in [0.3, 0.4) is 0 Å². The lowest BCUT2D eigenvalue weighted by atomic mass is 9.90. The second-order valence-electron chi connectivity index (χ2n) is 7.78. The van der Waals surface area contributed by atoms with Gasteiger partial charge >= 0.3 is 0 Å². The van der Waals surface area contributed by atoms with E-state index in [-0.39, 0.29) is 17.9 Å². The van der Waals surface area contributed by atoms with Crippen LogP contribution in [0.2, 0.25) is 0 Å². The van der Waals surface area contributed by atoms with Gasteiger partial charge < -0.3 is 16.2 Å². The maximum atomic E-state index is 9.06. The highest BCUT2D eigenvalue weighted by molar-refractivity contribution is 6.04. The van der Waals surface area contributed by atoms with Gasteiger partial charge in [-0.1, -0.05) is 36.5 Å². The van der Waals surface area contributed by atoms with E-state index in [1.54, 1.807) is 6.07 Å². The van der Waals surface area contributed by atoms with E-state index in [1.165, 1.54) is 0 Å². The summed E-state index contributed by atoms with van der Waals surface area (Å²) >= 11 is 0. The van der Waals surface area contributed by atoms with E-state index in [0.717, 1.165) is 36.3 Å². The fraction of sp³-hybridized carbons (Fsp3) is 0.240. The average molecular weight is 412 g/mol. The van der Waals surface area contributed by atoms with Crippen LogP contribution in [0.5, 0.6) is 0 Å². The van der Waals surface area contributed by atoms with Gasteiger partial charge in [-0.25, -0.2) is 0 Å². The molecule has 0 spiro atoms. The Labute approximate surface area is 182 Å². The van der Waals surface area contributed by atoms with E-state index in [2.05, 4.69) is 18.2 Å². The van der Waals surface area contributed by atoms with E-state index in [1.807, 2.05) is 42.5 Å². The summed E-state index contributed by atoms with van der Waals surface area (Å²) in [5, 5.41) is 17.1. The molecular formula is C25H25N5O. The SMILES string of the molecule is N#CC1=CCC(c2cc(N)c(C(=N)N)c(C3=CC=C(OC4C=CC=CC4)CC3)n2)C=C1. The molecule has 2 atom stereocenters. The summed E-state index contributed by atoms with van der Waals surface area (Å²) in [4.78, 5) is 4.87. The van der Waals surface area contributed by atoms with Gasteiger partial charge in [-0.3, -0.25) is 10.4 Å². The van der Waals surface area contributed by atoms with Crippen LogP contribution in [-0.2, 0) is 4.74 Å². The van der Waals surface area contributed by atoms with Crippen LogP contribution in [0, 0.1) is 16.7 Å². The largest absolute Gasteiger partial charge is 0.490 e. The molecule has 0 bridgehead atoms. The number of pyridine rings is 1. The van der Waals surface area contributed by atoms with Gasteiger partial charge in [0, 0.05) is 30.0 Å². The number of nitrogens with one attached hydrogen (secondary N) is 1. The highest BCUT2D eigenvalue weighted by Gasteiger charge is 2.22. The molecule has 156 valence electrons. The number of allylic oxidation sites excluding steroid dienone is 10. The third-order valence-corrected chi connectivity index (χ3v) is 5.61. The second kappa shape index (κ2) is 8.88. The normalized spacial score (nSPS) is 22.2. The van der Waals surface area contributed by atoms with Crippen molar-refractivity contribution < 1.29 is 4.74 Å². The maximum absolute atomic E-state index is 9.06. The van der Waals surface area contributed by atoms with E-state index in [4.69, 9.17) is 31.9 Å². The van der Waals surface area contributed by atoms with Gasteiger partial charge in [0.25, 0.3) is 0 Å². The number of hydrogen-bond donors (Lipinski definition) is 3. The van der Waals surface area contributed by atoms with Crippen molar-refractivity contribution in [1.29, 1.82) is 10.7 Å². The van der Waals surface area contributed by atoms with Crippen molar-refractivity contribution in [3.63, 3.8) is 0 Å². The lowest BCUT2D eigenvalue weighted by molar-refractivity contribution is 0.148. The Morgan fingerprint density at radius 3 is 2.68 bits per heavy atom. The van der Waals surface area contributed by atoms with Gasteiger partial charge in [-0.15, -0.1) is 0 Å². The molecule has 3 aliphatic carbocycles. The maximum Gasteiger partial charge on any atom is 0.127 e. The first-order chi connectivity index (χ1) is 15.0. The van der Waals surface area contributed by atoms with Crippen molar-refractivity contribution in [3.05, 3.63) is 89.0 Å². The molecule has 0 fully saturated rings. The first-order valence-corrected chi connectivity index (χ1v) is 10.4. The topological polar surface area (TPSA) is 122 Å². The molecule has 0 aromatic carbocycles. The molecule has 1 heterocycles. The molecule has 0 aliphatic heterocycles. The first kappa shape index (κ1) is 20.4. The molecule has 2 unspecified atom stereocenters. The molecule has 5 N–H and O–H groups in total. The van der Waals surface area contributed by atoms with Crippen molar-refractivity contribution >= 4 is 17.1 Å². The monoisotopic (exact) mass is 411 g/mol. The summed E-state index contributed by atoms with van der Waals surface area (Å²) in [5.41, 5.74) is 16.2. The molecule has 0 saturated heterocycles. The van der Waals surface area contributed by atoms with Crippen molar-refractivity contribution in [2.75, 3.05) is 5.73 Å². The Morgan fingerprint density at radius 2 is 2.06 bits per heavy atom. The fourth-order valence-electron chi connectivity index (χ4n) is 3.97.